The number of hydrogen-bond donors (Lipinski definition) is 1. The number of likely N-dealkylation sites (N-methyl/N-ethyl adjacent to an activating group) is 1. The SMILES string of the molecule is COc1cccc(C2/C(=C(/O)c3ccc4c(c3)N(C)CCO4)C(=O)C(=O)N2c2ccc(OC(C)C)cc2)c1. The number of amides is 1. The molecular weight excluding hydrogens is 484 g/mol. The van der Waals surface area contributed by atoms with E-state index in [-0.39, 0.29) is 17.4 Å². The van der Waals surface area contributed by atoms with E-state index in [0.717, 1.165) is 5.69 Å². The van der Waals surface area contributed by atoms with Crippen LogP contribution in [-0.2, 0) is 9.59 Å². The highest BCUT2D eigenvalue weighted by atomic mass is 16.5. The maximum absolute atomic E-state index is 13.5. The number of ketones is 1. The summed E-state index contributed by atoms with van der Waals surface area (Å²) >= 11 is 0. The minimum atomic E-state index is -0.869. The van der Waals surface area contributed by atoms with Crippen LogP contribution in [0.5, 0.6) is 17.2 Å². The van der Waals surface area contributed by atoms with Crippen molar-refractivity contribution >= 4 is 28.8 Å². The summed E-state index contributed by atoms with van der Waals surface area (Å²) < 4.78 is 16.9. The fourth-order valence-corrected chi connectivity index (χ4v) is 4.84. The molecule has 2 aliphatic rings. The molecule has 0 aromatic heterocycles. The molecule has 1 amide bonds. The van der Waals surface area contributed by atoms with Crippen LogP contribution in [0.2, 0.25) is 0 Å². The Hall–Kier alpha value is -4.46. The van der Waals surface area contributed by atoms with Gasteiger partial charge in [-0.05, 0) is 74.0 Å². The minimum Gasteiger partial charge on any atom is -0.507 e. The topological polar surface area (TPSA) is 88.5 Å². The number of fused-ring (bicyclic) bond motifs is 1. The highest BCUT2D eigenvalue weighted by Gasteiger charge is 2.47. The quantitative estimate of drug-likeness (QED) is 0.283. The Morgan fingerprint density at radius 1 is 1.03 bits per heavy atom. The second-order valence-electron chi connectivity index (χ2n) is 9.56. The molecule has 2 heterocycles. The molecule has 0 aliphatic carbocycles. The predicted octanol–water partition coefficient (Wildman–Crippen LogP) is 4.94. The Bertz CT molecular complexity index is 1410. The summed E-state index contributed by atoms with van der Waals surface area (Å²) in [5.41, 5.74) is 2.37. The number of carbonyl (C=O) groups excluding carboxylic acids is 2. The number of carbonyl (C=O) groups is 2. The Labute approximate surface area is 221 Å². The number of anilines is 2. The molecule has 196 valence electrons. The average Bonchev–Trinajstić information content (AvgIpc) is 3.18. The van der Waals surface area contributed by atoms with E-state index in [4.69, 9.17) is 14.2 Å². The fourth-order valence-electron chi connectivity index (χ4n) is 4.84. The lowest BCUT2D eigenvalue weighted by molar-refractivity contribution is -0.132. The molecular formula is C30H30N2O6. The summed E-state index contributed by atoms with van der Waals surface area (Å²) in [6.45, 7) is 5.12. The van der Waals surface area contributed by atoms with Crippen molar-refractivity contribution in [3.8, 4) is 17.2 Å². The van der Waals surface area contributed by atoms with Crippen molar-refractivity contribution in [2.24, 2.45) is 0 Å². The zero-order valence-electron chi connectivity index (χ0n) is 21.8. The summed E-state index contributed by atoms with van der Waals surface area (Å²) in [6, 6.07) is 18.5. The van der Waals surface area contributed by atoms with Gasteiger partial charge in [0.25, 0.3) is 11.7 Å². The van der Waals surface area contributed by atoms with E-state index in [1.165, 1.54) is 4.90 Å². The van der Waals surface area contributed by atoms with E-state index in [2.05, 4.69) is 0 Å². The van der Waals surface area contributed by atoms with Crippen LogP contribution in [0.15, 0.2) is 72.3 Å². The van der Waals surface area contributed by atoms with Gasteiger partial charge in [-0.25, -0.2) is 0 Å². The molecule has 1 saturated heterocycles. The lowest BCUT2D eigenvalue weighted by atomic mass is 9.94. The standard InChI is InChI=1S/C30H30N2O6/c1-18(2)38-22-11-9-21(10-12-22)32-27(19-6-5-7-23(16-19)36-4)26(29(34)30(32)35)28(33)20-8-13-25-24(17-20)31(3)14-15-37-25/h5-13,16-18,27,33H,14-15H2,1-4H3/b28-26-. The molecule has 1 unspecified atom stereocenters. The van der Waals surface area contributed by atoms with Gasteiger partial charge in [0.2, 0.25) is 0 Å². The van der Waals surface area contributed by atoms with Crippen LogP contribution < -0.4 is 24.0 Å². The van der Waals surface area contributed by atoms with Crippen molar-refractivity contribution in [1.82, 2.24) is 0 Å². The number of hydrogen-bond acceptors (Lipinski definition) is 7. The van der Waals surface area contributed by atoms with Crippen LogP contribution in [-0.4, -0.2) is 50.2 Å². The number of aliphatic hydroxyl groups excluding tert-OH is 1. The Kier molecular flexibility index (Phi) is 6.72. The largest absolute Gasteiger partial charge is 0.507 e. The van der Waals surface area contributed by atoms with Crippen molar-refractivity contribution in [1.29, 1.82) is 0 Å². The first-order valence-electron chi connectivity index (χ1n) is 12.5. The van der Waals surface area contributed by atoms with Crippen molar-refractivity contribution in [2.45, 2.75) is 26.0 Å². The Morgan fingerprint density at radius 2 is 1.79 bits per heavy atom. The van der Waals surface area contributed by atoms with Crippen molar-refractivity contribution < 1.29 is 28.9 Å². The van der Waals surface area contributed by atoms with Crippen molar-refractivity contribution in [3.63, 3.8) is 0 Å². The van der Waals surface area contributed by atoms with Gasteiger partial charge in [-0.1, -0.05) is 12.1 Å². The molecule has 8 nitrogen and oxygen atoms in total. The van der Waals surface area contributed by atoms with Gasteiger partial charge in [0.05, 0.1) is 37.1 Å². The van der Waals surface area contributed by atoms with Crippen LogP contribution in [0.3, 0.4) is 0 Å². The molecule has 38 heavy (non-hydrogen) atoms. The smallest absolute Gasteiger partial charge is 0.300 e. The molecule has 1 N–H and O–H groups in total. The van der Waals surface area contributed by atoms with Gasteiger partial charge in [0.1, 0.15) is 29.6 Å². The summed E-state index contributed by atoms with van der Waals surface area (Å²) in [7, 11) is 3.49. The molecule has 3 aromatic rings. The van der Waals surface area contributed by atoms with Crippen molar-refractivity contribution in [2.75, 3.05) is 37.1 Å². The van der Waals surface area contributed by atoms with E-state index < -0.39 is 17.7 Å². The zero-order valence-corrected chi connectivity index (χ0v) is 21.8. The van der Waals surface area contributed by atoms with Gasteiger partial charge in [-0.15, -0.1) is 0 Å². The predicted molar refractivity (Wildman–Crippen MR) is 145 cm³/mol. The molecule has 1 atom stereocenters. The van der Waals surface area contributed by atoms with Gasteiger partial charge in [-0.2, -0.15) is 0 Å². The van der Waals surface area contributed by atoms with Crippen molar-refractivity contribution in [3.05, 3.63) is 83.4 Å². The van der Waals surface area contributed by atoms with Crippen LogP contribution >= 0.6 is 0 Å². The number of rotatable bonds is 6. The molecule has 3 aromatic carbocycles. The van der Waals surface area contributed by atoms with Crippen LogP contribution in [0, 0.1) is 0 Å². The van der Waals surface area contributed by atoms with Gasteiger partial charge in [-0.3, -0.25) is 14.5 Å². The number of benzene rings is 3. The fraction of sp³-hybridized carbons (Fsp3) is 0.267. The molecule has 1 fully saturated rings. The molecule has 0 radical (unpaired) electrons. The van der Waals surface area contributed by atoms with Crippen LogP contribution in [0.4, 0.5) is 11.4 Å². The number of Topliss-reactive ketones (excluding diaryl/α,β-unsaturated/α-hetero) is 1. The molecule has 0 spiro atoms. The van der Waals surface area contributed by atoms with E-state index in [0.29, 0.717) is 47.2 Å². The number of ether oxygens (including phenoxy) is 3. The molecule has 0 saturated carbocycles. The van der Waals surface area contributed by atoms with Gasteiger partial charge >= 0.3 is 0 Å². The van der Waals surface area contributed by atoms with Gasteiger partial charge < -0.3 is 24.2 Å². The second-order valence-corrected chi connectivity index (χ2v) is 9.56. The monoisotopic (exact) mass is 514 g/mol. The minimum absolute atomic E-state index is 0.00471. The van der Waals surface area contributed by atoms with Crippen LogP contribution in [0.1, 0.15) is 31.0 Å². The van der Waals surface area contributed by atoms with E-state index in [9.17, 15) is 14.7 Å². The lowest BCUT2D eigenvalue weighted by Crippen LogP contribution is -2.29. The highest BCUT2D eigenvalue weighted by molar-refractivity contribution is 6.51. The average molecular weight is 515 g/mol. The number of aliphatic hydroxyl groups is 1. The second kappa shape index (κ2) is 10.1. The first kappa shape index (κ1) is 25.2. The van der Waals surface area contributed by atoms with E-state index in [1.807, 2.05) is 31.9 Å². The molecule has 0 bridgehead atoms. The third-order valence-corrected chi connectivity index (χ3v) is 6.67. The Morgan fingerprint density at radius 3 is 2.50 bits per heavy atom. The third-order valence-electron chi connectivity index (χ3n) is 6.67. The zero-order chi connectivity index (χ0) is 27.0. The first-order valence-corrected chi connectivity index (χ1v) is 12.5. The maximum Gasteiger partial charge on any atom is 0.300 e. The summed E-state index contributed by atoms with van der Waals surface area (Å²) in [4.78, 5) is 30.4. The maximum atomic E-state index is 13.5. The van der Waals surface area contributed by atoms with E-state index >= 15 is 0 Å². The van der Waals surface area contributed by atoms with Gasteiger partial charge in [0.15, 0.2) is 0 Å². The molecule has 8 heteroatoms. The highest BCUT2D eigenvalue weighted by Crippen LogP contribution is 2.44. The Balaban J connectivity index is 1.65. The summed E-state index contributed by atoms with van der Waals surface area (Å²) in [5, 5.41) is 11.5. The molecule has 2 aliphatic heterocycles. The van der Waals surface area contributed by atoms with E-state index in [1.54, 1.807) is 67.8 Å². The summed E-state index contributed by atoms with van der Waals surface area (Å²) in [5.74, 6) is 0.180. The van der Waals surface area contributed by atoms with Crippen LogP contribution in [0.25, 0.3) is 5.76 Å². The lowest BCUT2D eigenvalue weighted by Gasteiger charge is -2.28. The number of methoxy groups -OCH3 is 1. The third kappa shape index (κ3) is 4.53. The first-order chi connectivity index (χ1) is 18.3. The normalized spacial score (nSPS) is 18.4. The van der Waals surface area contributed by atoms with Gasteiger partial charge in [0, 0.05) is 18.3 Å². The number of nitrogens with zero attached hydrogens (tertiary/aromatic N) is 2. The summed E-state index contributed by atoms with van der Waals surface area (Å²) in [6.07, 6.45) is -0.00655. The molecule has 5 rings (SSSR count).